The van der Waals surface area contributed by atoms with E-state index in [1.807, 2.05) is 6.92 Å². The van der Waals surface area contributed by atoms with Gasteiger partial charge in [0.2, 0.25) is 0 Å². The molecular weight excluding hydrogens is 312 g/mol. The molecule has 0 fully saturated rings. The van der Waals surface area contributed by atoms with Gasteiger partial charge in [0.1, 0.15) is 5.82 Å². The molecule has 3 heterocycles. The number of thiazole rings is 1. The van der Waals surface area contributed by atoms with Gasteiger partial charge in [0.25, 0.3) is 11.5 Å². The van der Waals surface area contributed by atoms with E-state index in [1.165, 1.54) is 11.3 Å². The first-order chi connectivity index (χ1) is 11.1. The Kier molecular flexibility index (Phi) is 3.23. The summed E-state index contributed by atoms with van der Waals surface area (Å²) in [7, 11) is 0. The zero-order valence-corrected chi connectivity index (χ0v) is 13.3. The molecule has 1 amide bonds. The molecule has 2 aromatic heterocycles. The van der Waals surface area contributed by atoms with Crippen molar-refractivity contribution in [2.45, 2.75) is 26.3 Å². The van der Waals surface area contributed by atoms with E-state index in [1.54, 1.807) is 29.0 Å². The van der Waals surface area contributed by atoms with Crippen molar-refractivity contribution in [3.05, 3.63) is 51.0 Å². The number of nitrogens with zero attached hydrogens (tertiary/aromatic N) is 3. The largest absolute Gasteiger partial charge is 0.298 e. The number of fused-ring (bicyclic) bond motifs is 2. The number of benzene rings is 1. The third-order valence-electron chi connectivity index (χ3n) is 3.92. The number of hydrogen-bond donors (Lipinski definition) is 1. The first kappa shape index (κ1) is 14.1. The molecule has 7 heteroatoms. The van der Waals surface area contributed by atoms with Gasteiger partial charge in [-0.25, -0.2) is 9.97 Å². The number of hydrogen-bond acceptors (Lipinski definition) is 5. The van der Waals surface area contributed by atoms with Crippen LogP contribution in [0.3, 0.4) is 0 Å². The summed E-state index contributed by atoms with van der Waals surface area (Å²) in [6, 6.07) is 5.01. The van der Waals surface area contributed by atoms with Crippen LogP contribution in [0.25, 0.3) is 10.9 Å². The smallest absolute Gasteiger partial charge is 0.261 e. The van der Waals surface area contributed by atoms with Gasteiger partial charge in [0.05, 0.1) is 10.9 Å². The van der Waals surface area contributed by atoms with Crippen LogP contribution in [0.1, 0.15) is 27.5 Å². The number of nitrogens with one attached hydrogen (secondary N) is 1. The summed E-state index contributed by atoms with van der Waals surface area (Å²) in [5, 5.41) is 3.89. The Morgan fingerprint density at radius 1 is 1.39 bits per heavy atom. The number of rotatable bonds is 2. The molecule has 0 aliphatic carbocycles. The van der Waals surface area contributed by atoms with Crippen LogP contribution in [0, 0.1) is 6.92 Å². The van der Waals surface area contributed by atoms with Crippen molar-refractivity contribution in [3.8, 4) is 0 Å². The fraction of sp³-hybridized carbons (Fsp3) is 0.250. The summed E-state index contributed by atoms with van der Waals surface area (Å²) in [4.78, 5) is 34.4. The van der Waals surface area contributed by atoms with Crippen LogP contribution in [0.4, 0.5) is 5.13 Å². The van der Waals surface area contributed by atoms with Crippen molar-refractivity contribution in [2.24, 2.45) is 0 Å². The van der Waals surface area contributed by atoms with Gasteiger partial charge in [-0.1, -0.05) is 0 Å². The SMILES string of the molecule is Cc1cnc(NC(=O)c2ccc3c(=O)n4c(nc3c2)CCC4)s1. The van der Waals surface area contributed by atoms with E-state index in [4.69, 9.17) is 0 Å². The highest BCUT2D eigenvalue weighted by Gasteiger charge is 2.17. The summed E-state index contributed by atoms with van der Waals surface area (Å²) < 4.78 is 1.72. The second-order valence-electron chi connectivity index (χ2n) is 5.55. The van der Waals surface area contributed by atoms with Gasteiger partial charge < -0.3 is 0 Å². The van der Waals surface area contributed by atoms with Crippen LogP contribution < -0.4 is 10.9 Å². The highest BCUT2D eigenvalue weighted by atomic mass is 32.1. The molecule has 1 aromatic carbocycles. The van der Waals surface area contributed by atoms with E-state index >= 15 is 0 Å². The molecule has 0 atom stereocenters. The van der Waals surface area contributed by atoms with E-state index in [0.717, 1.165) is 30.1 Å². The van der Waals surface area contributed by atoms with Crippen LogP contribution in [0.2, 0.25) is 0 Å². The molecule has 0 spiro atoms. The second kappa shape index (κ2) is 5.27. The average Bonchev–Trinajstić information content (AvgIpc) is 3.16. The Hall–Kier alpha value is -2.54. The molecule has 6 nitrogen and oxygen atoms in total. The number of amides is 1. The van der Waals surface area contributed by atoms with Crippen LogP contribution in [-0.2, 0) is 13.0 Å². The molecular formula is C16H14N4O2S. The molecule has 0 saturated carbocycles. The number of anilines is 1. The maximum atomic E-state index is 12.4. The minimum absolute atomic E-state index is 0.0231. The summed E-state index contributed by atoms with van der Waals surface area (Å²) in [5.41, 5.74) is 1.02. The lowest BCUT2D eigenvalue weighted by Crippen LogP contribution is -2.21. The average molecular weight is 326 g/mol. The van der Waals surface area contributed by atoms with E-state index < -0.39 is 0 Å². The monoisotopic (exact) mass is 326 g/mol. The minimum Gasteiger partial charge on any atom is -0.298 e. The van der Waals surface area contributed by atoms with Gasteiger partial charge in [0.15, 0.2) is 5.13 Å². The lowest BCUT2D eigenvalue weighted by Gasteiger charge is -2.06. The molecule has 0 radical (unpaired) electrons. The van der Waals surface area contributed by atoms with Crippen LogP contribution >= 0.6 is 11.3 Å². The van der Waals surface area contributed by atoms with Crippen LogP contribution in [-0.4, -0.2) is 20.4 Å². The van der Waals surface area contributed by atoms with Crippen molar-refractivity contribution < 1.29 is 4.79 Å². The maximum absolute atomic E-state index is 12.4. The zero-order valence-electron chi connectivity index (χ0n) is 12.5. The van der Waals surface area contributed by atoms with Crippen molar-refractivity contribution >= 4 is 33.3 Å². The molecule has 23 heavy (non-hydrogen) atoms. The lowest BCUT2D eigenvalue weighted by molar-refractivity contribution is 0.102. The molecule has 1 aliphatic heterocycles. The van der Waals surface area contributed by atoms with Crippen molar-refractivity contribution in [1.82, 2.24) is 14.5 Å². The van der Waals surface area contributed by atoms with Crippen LogP contribution in [0.15, 0.2) is 29.2 Å². The van der Waals surface area contributed by atoms with Gasteiger partial charge >= 0.3 is 0 Å². The van der Waals surface area contributed by atoms with Crippen molar-refractivity contribution in [3.63, 3.8) is 0 Å². The third-order valence-corrected chi connectivity index (χ3v) is 4.75. The summed E-state index contributed by atoms with van der Waals surface area (Å²) in [6.07, 6.45) is 3.46. The van der Waals surface area contributed by atoms with E-state index in [-0.39, 0.29) is 11.5 Å². The summed E-state index contributed by atoms with van der Waals surface area (Å²) in [6.45, 7) is 2.66. The summed E-state index contributed by atoms with van der Waals surface area (Å²) >= 11 is 1.42. The van der Waals surface area contributed by atoms with E-state index in [9.17, 15) is 9.59 Å². The Morgan fingerprint density at radius 2 is 2.26 bits per heavy atom. The Morgan fingerprint density at radius 3 is 3.04 bits per heavy atom. The number of carbonyl (C=O) groups excluding carboxylic acids is 1. The molecule has 0 bridgehead atoms. The predicted molar refractivity (Wildman–Crippen MR) is 89.1 cm³/mol. The second-order valence-corrected chi connectivity index (χ2v) is 6.79. The first-order valence-corrected chi connectivity index (χ1v) is 8.21. The maximum Gasteiger partial charge on any atom is 0.261 e. The minimum atomic E-state index is -0.247. The Labute approximate surface area is 135 Å². The molecule has 1 N–H and O–H groups in total. The highest BCUT2D eigenvalue weighted by Crippen LogP contribution is 2.19. The lowest BCUT2D eigenvalue weighted by atomic mass is 10.1. The van der Waals surface area contributed by atoms with Gasteiger partial charge in [-0.2, -0.15) is 0 Å². The van der Waals surface area contributed by atoms with Gasteiger partial charge in [-0.15, -0.1) is 11.3 Å². The topological polar surface area (TPSA) is 76.9 Å². The van der Waals surface area contributed by atoms with Crippen LogP contribution in [0.5, 0.6) is 0 Å². The normalized spacial score (nSPS) is 13.3. The predicted octanol–water partition coefficient (Wildman–Crippen LogP) is 2.36. The molecule has 1 aliphatic rings. The first-order valence-electron chi connectivity index (χ1n) is 7.39. The van der Waals surface area contributed by atoms with Gasteiger partial charge in [-0.05, 0) is 31.5 Å². The number of aromatic nitrogens is 3. The fourth-order valence-electron chi connectivity index (χ4n) is 2.81. The van der Waals surface area contributed by atoms with E-state index in [2.05, 4.69) is 15.3 Å². The highest BCUT2D eigenvalue weighted by molar-refractivity contribution is 7.15. The van der Waals surface area contributed by atoms with Gasteiger partial charge in [-0.3, -0.25) is 19.5 Å². The van der Waals surface area contributed by atoms with Crippen molar-refractivity contribution in [2.75, 3.05) is 5.32 Å². The number of carbonyl (C=O) groups is 1. The van der Waals surface area contributed by atoms with Gasteiger partial charge in [0, 0.05) is 29.6 Å². The standard InChI is InChI=1S/C16H14N4O2S/c1-9-8-17-16(23-9)19-14(21)10-4-5-11-12(7-10)18-13-3-2-6-20(13)15(11)22/h4-5,7-8H,2-3,6H2,1H3,(H,17,19,21). The summed E-state index contributed by atoms with van der Waals surface area (Å²) in [5.74, 6) is 0.555. The zero-order chi connectivity index (χ0) is 16.0. The third kappa shape index (κ3) is 2.43. The molecule has 4 rings (SSSR count). The molecule has 0 saturated heterocycles. The number of aryl methyl sites for hydroxylation is 2. The molecule has 3 aromatic rings. The van der Waals surface area contributed by atoms with Crippen molar-refractivity contribution in [1.29, 1.82) is 0 Å². The fourth-order valence-corrected chi connectivity index (χ4v) is 3.47. The van der Waals surface area contributed by atoms with E-state index in [0.29, 0.717) is 21.6 Å². The Bertz CT molecular complexity index is 989. The molecule has 116 valence electrons. The Balaban J connectivity index is 1.73. The quantitative estimate of drug-likeness (QED) is 0.784. The molecule has 0 unspecified atom stereocenters.